The number of alkyl halides is 2. The quantitative estimate of drug-likeness (QED) is 0.652. The molecule has 1 aromatic heterocycles. The number of aromatic nitrogens is 1. The molecule has 1 aliphatic carbocycles. The number of nitrogens with zero attached hydrogens (tertiary/aromatic N) is 3. The van der Waals surface area contributed by atoms with Gasteiger partial charge in [-0.1, -0.05) is 6.58 Å². The third kappa shape index (κ3) is 5.35. The van der Waals surface area contributed by atoms with Gasteiger partial charge in [-0.25, -0.2) is 13.8 Å². The summed E-state index contributed by atoms with van der Waals surface area (Å²) in [5, 5.41) is 0. The van der Waals surface area contributed by atoms with E-state index in [1.807, 2.05) is 0 Å². The number of nitrogens with two attached hydrogens (primary N) is 1. The van der Waals surface area contributed by atoms with Crippen molar-refractivity contribution in [3.63, 3.8) is 0 Å². The SMILES string of the molecule is C=CC(=O)N1CCN(c2ccc(C(N)=O)c(-c3ccc(OC4CCC(F)(F)CC4)cc3)n2)CC1. The number of hydrogen-bond donors (Lipinski definition) is 1. The molecule has 0 radical (unpaired) electrons. The molecule has 2 aliphatic rings. The average molecular weight is 471 g/mol. The fraction of sp³-hybridized carbons (Fsp3) is 0.400. The van der Waals surface area contributed by atoms with Gasteiger partial charge in [0.05, 0.1) is 17.4 Å². The van der Waals surface area contributed by atoms with Crippen LogP contribution in [-0.2, 0) is 4.79 Å². The maximum absolute atomic E-state index is 13.4. The Bertz CT molecular complexity index is 1060. The van der Waals surface area contributed by atoms with Crippen molar-refractivity contribution in [1.29, 1.82) is 0 Å². The maximum atomic E-state index is 13.4. The zero-order valence-electron chi connectivity index (χ0n) is 18.9. The minimum Gasteiger partial charge on any atom is -0.490 e. The van der Waals surface area contributed by atoms with Crippen LogP contribution in [0.1, 0.15) is 36.0 Å². The van der Waals surface area contributed by atoms with Crippen molar-refractivity contribution in [1.82, 2.24) is 9.88 Å². The van der Waals surface area contributed by atoms with E-state index in [1.54, 1.807) is 41.3 Å². The van der Waals surface area contributed by atoms with E-state index in [4.69, 9.17) is 15.5 Å². The first-order valence-electron chi connectivity index (χ1n) is 11.4. The first-order chi connectivity index (χ1) is 16.3. The topological polar surface area (TPSA) is 88.8 Å². The van der Waals surface area contributed by atoms with E-state index in [0.29, 0.717) is 67.4 Å². The highest BCUT2D eigenvalue weighted by Crippen LogP contribution is 2.35. The Morgan fingerprint density at radius 2 is 1.71 bits per heavy atom. The van der Waals surface area contributed by atoms with Gasteiger partial charge in [0.25, 0.3) is 5.91 Å². The summed E-state index contributed by atoms with van der Waals surface area (Å²) < 4.78 is 32.6. The second-order valence-corrected chi connectivity index (χ2v) is 8.64. The second kappa shape index (κ2) is 9.79. The molecule has 0 unspecified atom stereocenters. The van der Waals surface area contributed by atoms with E-state index in [2.05, 4.69) is 11.5 Å². The Labute approximate surface area is 197 Å². The highest BCUT2D eigenvalue weighted by Gasteiger charge is 2.35. The van der Waals surface area contributed by atoms with Crippen molar-refractivity contribution in [2.24, 2.45) is 5.73 Å². The summed E-state index contributed by atoms with van der Waals surface area (Å²) in [6.45, 7) is 5.85. The molecule has 2 aromatic rings. The third-order valence-corrected chi connectivity index (χ3v) is 6.33. The van der Waals surface area contributed by atoms with Crippen LogP contribution >= 0.6 is 0 Å². The lowest BCUT2D eigenvalue weighted by molar-refractivity contribution is -0.126. The standard InChI is InChI=1S/C25H28F2N4O3/c1-2-22(32)31-15-13-30(14-16-31)21-8-7-20(24(28)33)23(29-21)17-3-5-18(6-4-17)34-19-9-11-25(26,27)12-10-19/h2-8,19H,1,9-16H2,(H2,28,33). The first kappa shape index (κ1) is 23.7. The highest BCUT2D eigenvalue weighted by atomic mass is 19.3. The van der Waals surface area contributed by atoms with E-state index in [1.165, 1.54) is 6.08 Å². The molecule has 1 saturated carbocycles. The van der Waals surface area contributed by atoms with E-state index in [9.17, 15) is 18.4 Å². The Balaban J connectivity index is 1.50. The molecular formula is C25H28F2N4O3. The summed E-state index contributed by atoms with van der Waals surface area (Å²) in [7, 11) is 0. The summed E-state index contributed by atoms with van der Waals surface area (Å²) in [6, 6.07) is 10.5. The number of hydrogen-bond acceptors (Lipinski definition) is 5. The van der Waals surface area contributed by atoms with Crippen molar-refractivity contribution >= 4 is 17.6 Å². The zero-order valence-corrected chi connectivity index (χ0v) is 18.9. The van der Waals surface area contributed by atoms with Crippen molar-refractivity contribution in [3.05, 3.63) is 54.6 Å². The summed E-state index contributed by atoms with van der Waals surface area (Å²) in [4.78, 5) is 32.4. The van der Waals surface area contributed by atoms with Crippen LogP contribution in [0.5, 0.6) is 5.75 Å². The smallest absolute Gasteiger partial charge is 0.250 e. The average Bonchev–Trinajstić information content (AvgIpc) is 2.85. The number of carbonyl (C=O) groups excluding carboxylic acids is 2. The number of rotatable bonds is 6. The molecule has 180 valence electrons. The highest BCUT2D eigenvalue weighted by molar-refractivity contribution is 5.99. The first-order valence-corrected chi connectivity index (χ1v) is 11.4. The molecule has 2 fully saturated rings. The fourth-order valence-electron chi connectivity index (χ4n) is 4.34. The van der Waals surface area contributed by atoms with Gasteiger partial charge in [-0.05, 0) is 55.3 Å². The van der Waals surface area contributed by atoms with Crippen LogP contribution < -0.4 is 15.4 Å². The van der Waals surface area contributed by atoms with Gasteiger partial charge >= 0.3 is 0 Å². The number of ether oxygens (including phenoxy) is 1. The minimum atomic E-state index is -2.60. The fourth-order valence-corrected chi connectivity index (χ4v) is 4.34. The van der Waals surface area contributed by atoms with Crippen LogP contribution in [0, 0.1) is 0 Å². The normalized spacial score (nSPS) is 18.4. The molecule has 0 bridgehead atoms. The van der Waals surface area contributed by atoms with Crippen LogP contribution in [0.2, 0.25) is 0 Å². The molecule has 2 N–H and O–H groups in total. The lowest BCUT2D eigenvalue weighted by Crippen LogP contribution is -2.48. The van der Waals surface area contributed by atoms with E-state index in [0.717, 1.165) is 0 Å². The summed E-state index contributed by atoms with van der Waals surface area (Å²) in [5.41, 5.74) is 7.04. The van der Waals surface area contributed by atoms with Gasteiger partial charge in [0.1, 0.15) is 11.6 Å². The van der Waals surface area contributed by atoms with E-state index >= 15 is 0 Å². The molecule has 1 aromatic carbocycles. The number of halogens is 2. The molecule has 4 rings (SSSR count). The van der Waals surface area contributed by atoms with E-state index < -0.39 is 11.8 Å². The van der Waals surface area contributed by atoms with Gasteiger partial charge in [-0.3, -0.25) is 9.59 Å². The van der Waals surface area contributed by atoms with Gasteiger partial charge in [-0.2, -0.15) is 0 Å². The number of amides is 2. The van der Waals surface area contributed by atoms with Crippen LogP contribution in [-0.4, -0.2) is 59.9 Å². The van der Waals surface area contributed by atoms with Gasteiger partial charge in [0.2, 0.25) is 11.8 Å². The predicted octanol–water partition coefficient (Wildman–Crippen LogP) is 3.64. The molecule has 0 spiro atoms. The lowest BCUT2D eigenvalue weighted by atomic mass is 9.94. The number of pyridine rings is 1. The molecule has 9 heteroatoms. The Hall–Kier alpha value is -3.49. The molecule has 1 aliphatic heterocycles. The number of benzene rings is 1. The third-order valence-electron chi connectivity index (χ3n) is 6.33. The number of piperazine rings is 1. The summed E-state index contributed by atoms with van der Waals surface area (Å²) >= 11 is 0. The Morgan fingerprint density at radius 3 is 2.29 bits per heavy atom. The Morgan fingerprint density at radius 1 is 1.06 bits per heavy atom. The van der Waals surface area contributed by atoms with Gasteiger partial charge in [0.15, 0.2) is 0 Å². The van der Waals surface area contributed by atoms with Crippen LogP contribution in [0.15, 0.2) is 49.1 Å². The molecular weight excluding hydrogens is 442 g/mol. The van der Waals surface area contributed by atoms with Gasteiger partial charge in [-0.15, -0.1) is 0 Å². The van der Waals surface area contributed by atoms with Crippen molar-refractivity contribution in [2.75, 3.05) is 31.1 Å². The largest absolute Gasteiger partial charge is 0.490 e. The molecule has 7 nitrogen and oxygen atoms in total. The maximum Gasteiger partial charge on any atom is 0.250 e. The van der Waals surface area contributed by atoms with Crippen molar-refractivity contribution < 1.29 is 23.1 Å². The molecule has 1 saturated heterocycles. The van der Waals surface area contributed by atoms with Gasteiger partial charge in [0, 0.05) is 44.6 Å². The predicted molar refractivity (Wildman–Crippen MR) is 125 cm³/mol. The molecule has 2 heterocycles. The molecule has 2 amide bonds. The Kier molecular flexibility index (Phi) is 6.81. The van der Waals surface area contributed by atoms with Crippen LogP contribution in [0.3, 0.4) is 0 Å². The molecule has 34 heavy (non-hydrogen) atoms. The number of anilines is 1. The molecule has 0 atom stereocenters. The van der Waals surface area contributed by atoms with Crippen LogP contribution in [0.4, 0.5) is 14.6 Å². The second-order valence-electron chi connectivity index (χ2n) is 8.64. The summed E-state index contributed by atoms with van der Waals surface area (Å²) in [5.74, 6) is -2.01. The number of carbonyl (C=O) groups is 2. The zero-order chi connectivity index (χ0) is 24.3. The van der Waals surface area contributed by atoms with Crippen molar-refractivity contribution in [3.8, 4) is 17.0 Å². The monoisotopic (exact) mass is 470 g/mol. The summed E-state index contributed by atoms with van der Waals surface area (Å²) in [6.07, 6.45) is 1.38. The van der Waals surface area contributed by atoms with E-state index in [-0.39, 0.29) is 24.9 Å². The van der Waals surface area contributed by atoms with Gasteiger partial charge < -0.3 is 20.3 Å². The minimum absolute atomic E-state index is 0.0957. The lowest BCUT2D eigenvalue weighted by Gasteiger charge is -2.35. The van der Waals surface area contributed by atoms with Crippen molar-refractivity contribution in [2.45, 2.75) is 37.7 Å². The number of primary amides is 1. The van der Waals surface area contributed by atoms with Crippen LogP contribution in [0.25, 0.3) is 11.3 Å².